The summed E-state index contributed by atoms with van der Waals surface area (Å²) in [5.74, 6) is -0.305. The molecule has 0 aromatic heterocycles. The van der Waals surface area contributed by atoms with Crippen molar-refractivity contribution in [1.82, 2.24) is 4.90 Å². The number of methoxy groups -OCH3 is 1. The fourth-order valence-corrected chi connectivity index (χ4v) is 5.79. The van der Waals surface area contributed by atoms with Gasteiger partial charge in [0.25, 0.3) is 0 Å². The summed E-state index contributed by atoms with van der Waals surface area (Å²) in [4.78, 5) is 13.4. The van der Waals surface area contributed by atoms with Crippen LogP contribution >= 0.6 is 17.5 Å². The van der Waals surface area contributed by atoms with Gasteiger partial charge in [-0.15, -0.1) is 22.4 Å². The van der Waals surface area contributed by atoms with E-state index in [1.807, 2.05) is 24.3 Å². The van der Waals surface area contributed by atoms with Crippen LogP contribution in [0.4, 0.5) is 0 Å². The number of esters is 1. The average Bonchev–Trinajstić information content (AvgIpc) is 2.96. The molecule has 3 nitrogen and oxygen atoms in total. The van der Waals surface area contributed by atoms with Gasteiger partial charge in [0.15, 0.2) is 0 Å². The SMILES string of the molecule is COC(=O)/C=C/CP(c1ccccc1)c1ccccc1.C[C@H](c1[c-]ccc2ccccc12)N(C)C.[Cl][Pd+]. The van der Waals surface area contributed by atoms with Gasteiger partial charge in [-0.3, -0.25) is 0 Å². The quantitative estimate of drug-likeness (QED) is 0.0746. The summed E-state index contributed by atoms with van der Waals surface area (Å²) in [5, 5.41) is 5.22. The van der Waals surface area contributed by atoms with Crippen LogP contribution in [0.2, 0.25) is 0 Å². The van der Waals surface area contributed by atoms with Gasteiger partial charge in [0, 0.05) is 12.1 Å². The van der Waals surface area contributed by atoms with Crippen LogP contribution in [0.5, 0.6) is 0 Å². The Hall–Kier alpha value is -2.31. The maximum absolute atomic E-state index is 11.2. The summed E-state index contributed by atoms with van der Waals surface area (Å²) in [6, 6.07) is 37.2. The van der Waals surface area contributed by atoms with Gasteiger partial charge in [-0.2, -0.15) is 18.2 Å². The van der Waals surface area contributed by atoms with Crippen molar-refractivity contribution in [3.8, 4) is 0 Å². The summed E-state index contributed by atoms with van der Waals surface area (Å²) in [6.45, 7) is 2.21. The molecule has 196 valence electrons. The number of fused-ring (bicyclic) bond motifs is 1. The van der Waals surface area contributed by atoms with Crippen molar-refractivity contribution in [2.75, 3.05) is 27.4 Å². The van der Waals surface area contributed by atoms with Gasteiger partial charge < -0.3 is 9.64 Å². The van der Waals surface area contributed by atoms with Crippen LogP contribution in [0.3, 0.4) is 0 Å². The van der Waals surface area contributed by atoms with Crippen molar-refractivity contribution in [1.29, 1.82) is 0 Å². The molecule has 0 unspecified atom stereocenters. The van der Waals surface area contributed by atoms with E-state index in [1.54, 1.807) is 0 Å². The van der Waals surface area contributed by atoms with Gasteiger partial charge >= 0.3 is 33.7 Å². The number of rotatable bonds is 7. The minimum absolute atomic E-state index is 0.305. The van der Waals surface area contributed by atoms with Crippen molar-refractivity contribution in [2.24, 2.45) is 0 Å². The Labute approximate surface area is 237 Å². The van der Waals surface area contributed by atoms with Crippen LogP contribution in [0, 0.1) is 6.07 Å². The van der Waals surface area contributed by atoms with Crippen molar-refractivity contribution in [2.45, 2.75) is 13.0 Å². The van der Waals surface area contributed by atoms with Crippen molar-refractivity contribution in [3.05, 3.63) is 121 Å². The summed E-state index contributed by atoms with van der Waals surface area (Å²) >= 11 is 2.22. The molecule has 4 aromatic carbocycles. The monoisotopic (exact) mass is 623 g/mol. The fraction of sp³-hybridized carbons (Fsp3) is 0.194. The third kappa shape index (κ3) is 9.82. The standard InChI is InChI=1S/C17H17O2P.C14H16N.ClH.Pd/c1-19-17(18)13-8-14-20(15-9-4-2-5-10-15)16-11-6-3-7-12-16;1-11(15(2)3)13-10-6-8-12-7-4-5-9-14(12)13;;/h2-13H,14H2,1H3;4-9,11H,1-3H3;1H;/q;-1;;+2/p-1/b13-8+;;;/t;11-;;/m.1../s1. The molecule has 0 fully saturated rings. The van der Waals surface area contributed by atoms with Gasteiger partial charge in [0.2, 0.25) is 0 Å². The zero-order valence-electron chi connectivity index (χ0n) is 21.6. The molecule has 1 atom stereocenters. The van der Waals surface area contributed by atoms with Gasteiger partial charge in [0.05, 0.1) is 7.11 Å². The molecular weight excluding hydrogens is 591 g/mol. The van der Waals surface area contributed by atoms with E-state index in [4.69, 9.17) is 0 Å². The third-order valence-electron chi connectivity index (χ3n) is 5.82. The summed E-state index contributed by atoms with van der Waals surface area (Å²) in [5.41, 5.74) is 1.28. The number of hydrogen-bond donors (Lipinski definition) is 0. The number of halogens is 1. The van der Waals surface area contributed by atoms with E-state index in [1.165, 1.54) is 40.1 Å². The molecule has 0 spiro atoms. The minimum atomic E-state index is -0.481. The van der Waals surface area contributed by atoms with E-state index >= 15 is 0 Å². The average molecular weight is 624 g/mol. The summed E-state index contributed by atoms with van der Waals surface area (Å²) < 4.78 is 4.62. The molecule has 4 aromatic rings. The molecule has 0 saturated heterocycles. The normalized spacial score (nSPS) is 11.5. The molecule has 0 radical (unpaired) electrons. The Kier molecular flexibility index (Phi) is 14.4. The molecule has 4 rings (SSSR count). The van der Waals surface area contributed by atoms with Crippen LogP contribution in [-0.4, -0.2) is 38.2 Å². The second kappa shape index (κ2) is 17.2. The first-order valence-corrected chi connectivity index (χ1v) is 15.3. The number of benzene rings is 4. The molecule has 0 aliphatic rings. The van der Waals surface area contributed by atoms with Crippen LogP contribution in [-0.2, 0) is 27.7 Å². The Morgan fingerprint density at radius 2 is 1.49 bits per heavy atom. The Bertz CT molecular complexity index is 1190. The molecule has 0 heterocycles. The van der Waals surface area contributed by atoms with Crippen LogP contribution < -0.4 is 10.6 Å². The zero-order chi connectivity index (χ0) is 27.0. The number of hydrogen-bond acceptors (Lipinski definition) is 3. The van der Waals surface area contributed by atoms with E-state index < -0.39 is 7.92 Å². The first-order valence-electron chi connectivity index (χ1n) is 11.8. The summed E-state index contributed by atoms with van der Waals surface area (Å²) in [6.07, 6.45) is 4.23. The predicted octanol–water partition coefficient (Wildman–Crippen LogP) is 6.80. The molecule has 6 heteroatoms. The van der Waals surface area contributed by atoms with E-state index in [-0.39, 0.29) is 5.97 Å². The predicted molar refractivity (Wildman–Crippen MR) is 156 cm³/mol. The molecule has 0 aliphatic heterocycles. The molecule has 0 bridgehead atoms. The van der Waals surface area contributed by atoms with E-state index in [9.17, 15) is 4.79 Å². The second-order valence-corrected chi connectivity index (χ2v) is 10.6. The molecule has 0 saturated carbocycles. The van der Waals surface area contributed by atoms with E-state index in [2.05, 4.69) is 143 Å². The van der Waals surface area contributed by atoms with Crippen molar-refractivity contribution in [3.63, 3.8) is 0 Å². The number of carbonyl (C=O) groups is 1. The fourth-order valence-electron chi connectivity index (χ4n) is 3.69. The number of allylic oxidation sites excluding steroid dienone is 1. The molecule has 0 aliphatic carbocycles. The number of carbonyl (C=O) groups excluding carboxylic acids is 1. The number of ether oxygens (including phenoxy) is 1. The maximum atomic E-state index is 11.2. The van der Waals surface area contributed by atoms with Crippen LogP contribution in [0.15, 0.2) is 109 Å². The van der Waals surface area contributed by atoms with Gasteiger partial charge in [-0.25, -0.2) is 4.79 Å². The molecule has 37 heavy (non-hydrogen) atoms. The molecular formula is C31H33ClNO2PPd. The second-order valence-electron chi connectivity index (χ2n) is 8.33. The van der Waals surface area contributed by atoms with E-state index in [0.717, 1.165) is 6.16 Å². The van der Waals surface area contributed by atoms with Crippen LogP contribution in [0.25, 0.3) is 10.8 Å². The zero-order valence-corrected chi connectivity index (χ0v) is 24.8. The summed E-state index contributed by atoms with van der Waals surface area (Å²) in [7, 11) is 9.60. The number of nitrogens with zero attached hydrogens (tertiary/aromatic N) is 1. The van der Waals surface area contributed by atoms with Crippen molar-refractivity contribution >= 4 is 44.8 Å². The van der Waals surface area contributed by atoms with Gasteiger partial charge in [-0.1, -0.05) is 84.9 Å². The van der Waals surface area contributed by atoms with Crippen molar-refractivity contribution < 1.29 is 27.7 Å². The third-order valence-corrected chi connectivity index (χ3v) is 8.24. The molecule has 0 amide bonds. The first-order chi connectivity index (χ1) is 18.0. The van der Waals surface area contributed by atoms with Gasteiger partial charge in [0.1, 0.15) is 0 Å². The van der Waals surface area contributed by atoms with E-state index in [0.29, 0.717) is 6.04 Å². The Balaban J connectivity index is 0.000000252. The first kappa shape index (κ1) is 30.9. The van der Waals surface area contributed by atoms with Crippen LogP contribution in [0.1, 0.15) is 18.5 Å². The Morgan fingerprint density at radius 1 is 0.946 bits per heavy atom. The molecule has 0 N–H and O–H groups in total. The Morgan fingerprint density at radius 3 is 2.03 bits per heavy atom. The van der Waals surface area contributed by atoms with Gasteiger partial charge in [-0.05, 0) is 45.7 Å². The topological polar surface area (TPSA) is 29.5 Å².